The average Bonchev–Trinajstić information content (AvgIpc) is 2.84. The lowest BCUT2D eigenvalue weighted by Crippen LogP contribution is -2.28. The number of rotatable bonds is 6. The van der Waals surface area contributed by atoms with Crippen molar-refractivity contribution in [1.29, 1.82) is 0 Å². The Morgan fingerprint density at radius 2 is 2.21 bits per heavy atom. The van der Waals surface area contributed by atoms with Crippen LogP contribution in [0.1, 0.15) is 36.3 Å². The highest BCUT2D eigenvalue weighted by Gasteiger charge is 2.15. The van der Waals surface area contributed by atoms with Gasteiger partial charge in [0.05, 0.1) is 25.1 Å². The Kier molecular flexibility index (Phi) is 4.54. The van der Waals surface area contributed by atoms with Gasteiger partial charge in [-0.25, -0.2) is 5.43 Å². The van der Waals surface area contributed by atoms with Gasteiger partial charge in [-0.2, -0.15) is 0 Å². The molecule has 0 bridgehead atoms. The number of aromatic nitrogens is 1. The first kappa shape index (κ1) is 13.6. The molecule has 0 spiro atoms. The van der Waals surface area contributed by atoms with Crippen molar-refractivity contribution < 1.29 is 9.15 Å². The quantitative estimate of drug-likeness (QED) is 0.616. The Bertz CT molecular complexity index is 525. The van der Waals surface area contributed by atoms with Crippen LogP contribution in [0.3, 0.4) is 0 Å². The van der Waals surface area contributed by atoms with Crippen LogP contribution < -0.4 is 16.0 Å². The first-order valence-electron chi connectivity index (χ1n) is 6.33. The average molecular weight is 261 g/mol. The third kappa shape index (κ3) is 3.33. The summed E-state index contributed by atoms with van der Waals surface area (Å²) in [5, 5.41) is 0. The standard InChI is InChI=1S/C14H19N3O2/c1-3-4-18-13-6-11(7-16-8-13)14(17-15)12-5-10(2)19-9-12/h5-9,14,17H,3-4,15H2,1-2H3. The zero-order valence-corrected chi connectivity index (χ0v) is 11.2. The van der Waals surface area contributed by atoms with Crippen LogP contribution in [-0.2, 0) is 0 Å². The van der Waals surface area contributed by atoms with Crippen LogP contribution >= 0.6 is 0 Å². The molecule has 0 saturated heterocycles. The third-order valence-corrected chi connectivity index (χ3v) is 2.79. The van der Waals surface area contributed by atoms with Gasteiger partial charge in [0.15, 0.2) is 0 Å². The topological polar surface area (TPSA) is 73.3 Å². The van der Waals surface area contributed by atoms with Crippen molar-refractivity contribution in [3.8, 4) is 5.75 Å². The number of nitrogens with two attached hydrogens (primary N) is 1. The number of hydrazine groups is 1. The number of aryl methyl sites for hydroxylation is 1. The molecular formula is C14H19N3O2. The van der Waals surface area contributed by atoms with E-state index in [1.54, 1.807) is 18.7 Å². The Morgan fingerprint density at radius 3 is 2.84 bits per heavy atom. The van der Waals surface area contributed by atoms with Crippen molar-refractivity contribution in [1.82, 2.24) is 10.4 Å². The number of nitrogens with zero attached hydrogens (tertiary/aromatic N) is 1. The van der Waals surface area contributed by atoms with E-state index in [0.29, 0.717) is 6.61 Å². The zero-order valence-electron chi connectivity index (χ0n) is 11.2. The second-order valence-electron chi connectivity index (χ2n) is 4.39. The first-order chi connectivity index (χ1) is 9.24. The predicted molar refractivity (Wildman–Crippen MR) is 72.6 cm³/mol. The molecule has 0 amide bonds. The maximum Gasteiger partial charge on any atom is 0.137 e. The molecular weight excluding hydrogens is 242 g/mol. The molecule has 2 aromatic rings. The van der Waals surface area contributed by atoms with Gasteiger partial charge in [0, 0.05) is 11.8 Å². The molecule has 1 unspecified atom stereocenters. The molecule has 102 valence electrons. The molecule has 5 nitrogen and oxygen atoms in total. The van der Waals surface area contributed by atoms with E-state index in [4.69, 9.17) is 15.0 Å². The third-order valence-electron chi connectivity index (χ3n) is 2.79. The van der Waals surface area contributed by atoms with Gasteiger partial charge < -0.3 is 9.15 Å². The van der Waals surface area contributed by atoms with E-state index in [0.717, 1.165) is 29.1 Å². The summed E-state index contributed by atoms with van der Waals surface area (Å²) in [6.45, 7) is 4.64. The fourth-order valence-corrected chi connectivity index (χ4v) is 1.89. The Morgan fingerprint density at radius 1 is 1.37 bits per heavy atom. The van der Waals surface area contributed by atoms with Crippen LogP contribution in [0.15, 0.2) is 35.2 Å². The SMILES string of the molecule is CCCOc1cncc(C(NN)c2coc(C)c2)c1. The number of pyridine rings is 1. The van der Waals surface area contributed by atoms with E-state index in [2.05, 4.69) is 17.3 Å². The monoisotopic (exact) mass is 261 g/mol. The van der Waals surface area contributed by atoms with Gasteiger partial charge in [-0.1, -0.05) is 6.92 Å². The predicted octanol–water partition coefficient (Wildman–Crippen LogP) is 2.32. The van der Waals surface area contributed by atoms with E-state index >= 15 is 0 Å². The van der Waals surface area contributed by atoms with Crippen LogP contribution in [0.2, 0.25) is 0 Å². The van der Waals surface area contributed by atoms with Crippen molar-refractivity contribution in [2.45, 2.75) is 26.3 Å². The normalized spacial score (nSPS) is 12.4. The van der Waals surface area contributed by atoms with Gasteiger partial charge in [0.1, 0.15) is 11.5 Å². The molecule has 0 aromatic carbocycles. The summed E-state index contributed by atoms with van der Waals surface area (Å²) in [6.07, 6.45) is 6.13. The summed E-state index contributed by atoms with van der Waals surface area (Å²) in [5.74, 6) is 7.23. The minimum atomic E-state index is -0.157. The lowest BCUT2D eigenvalue weighted by Gasteiger charge is -2.15. The summed E-state index contributed by atoms with van der Waals surface area (Å²) in [4.78, 5) is 4.19. The highest BCUT2D eigenvalue weighted by Crippen LogP contribution is 2.25. The molecule has 2 aromatic heterocycles. The highest BCUT2D eigenvalue weighted by molar-refractivity contribution is 5.33. The van der Waals surface area contributed by atoms with E-state index in [-0.39, 0.29) is 6.04 Å². The molecule has 1 atom stereocenters. The van der Waals surface area contributed by atoms with Crippen LogP contribution in [-0.4, -0.2) is 11.6 Å². The smallest absolute Gasteiger partial charge is 0.137 e. The van der Waals surface area contributed by atoms with Crippen LogP contribution in [0, 0.1) is 6.92 Å². The molecule has 3 N–H and O–H groups in total. The molecule has 0 fully saturated rings. The van der Waals surface area contributed by atoms with E-state index in [9.17, 15) is 0 Å². The number of furan rings is 1. The zero-order chi connectivity index (χ0) is 13.7. The molecule has 19 heavy (non-hydrogen) atoms. The minimum absolute atomic E-state index is 0.157. The summed E-state index contributed by atoms with van der Waals surface area (Å²) in [5.41, 5.74) is 4.68. The van der Waals surface area contributed by atoms with Gasteiger partial charge in [-0.15, -0.1) is 0 Å². The fourth-order valence-electron chi connectivity index (χ4n) is 1.89. The number of hydrogen-bond acceptors (Lipinski definition) is 5. The Hall–Kier alpha value is -1.85. The fraction of sp³-hybridized carbons (Fsp3) is 0.357. The summed E-state index contributed by atoms with van der Waals surface area (Å²) in [7, 11) is 0. The lowest BCUT2D eigenvalue weighted by molar-refractivity contribution is 0.315. The molecule has 0 aliphatic heterocycles. The second kappa shape index (κ2) is 6.36. The summed E-state index contributed by atoms with van der Waals surface area (Å²) in [6, 6.07) is 3.73. The molecule has 0 radical (unpaired) electrons. The van der Waals surface area contributed by atoms with Crippen LogP contribution in [0.25, 0.3) is 0 Å². The van der Waals surface area contributed by atoms with E-state index in [1.165, 1.54) is 0 Å². The highest BCUT2D eigenvalue weighted by atomic mass is 16.5. The number of hydrogen-bond donors (Lipinski definition) is 2. The lowest BCUT2D eigenvalue weighted by atomic mass is 10.0. The maximum atomic E-state index is 5.64. The summed E-state index contributed by atoms with van der Waals surface area (Å²) < 4.78 is 10.9. The van der Waals surface area contributed by atoms with Crippen molar-refractivity contribution in [2.24, 2.45) is 5.84 Å². The largest absolute Gasteiger partial charge is 0.492 e. The number of nitrogens with one attached hydrogen (secondary N) is 1. The Balaban J connectivity index is 2.23. The van der Waals surface area contributed by atoms with Gasteiger partial charge in [-0.05, 0) is 31.0 Å². The van der Waals surface area contributed by atoms with Crippen LogP contribution in [0.5, 0.6) is 5.75 Å². The van der Waals surface area contributed by atoms with Crippen molar-refractivity contribution >= 4 is 0 Å². The number of ether oxygens (including phenoxy) is 1. The summed E-state index contributed by atoms with van der Waals surface area (Å²) >= 11 is 0. The van der Waals surface area contributed by atoms with Crippen molar-refractivity contribution in [2.75, 3.05) is 6.61 Å². The van der Waals surface area contributed by atoms with Crippen LogP contribution in [0.4, 0.5) is 0 Å². The van der Waals surface area contributed by atoms with Crippen molar-refractivity contribution in [3.63, 3.8) is 0 Å². The second-order valence-corrected chi connectivity index (χ2v) is 4.39. The van der Waals surface area contributed by atoms with Crippen molar-refractivity contribution in [3.05, 3.63) is 47.7 Å². The Labute approximate surface area is 112 Å². The molecule has 5 heteroatoms. The first-order valence-corrected chi connectivity index (χ1v) is 6.33. The van der Waals surface area contributed by atoms with Gasteiger partial charge >= 0.3 is 0 Å². The maximum absolute atomic E-state index is 5.64. The van der Waals surface area contributed by atoms with E-state index < -0.39 is 0 Å². The molecule has 0 aliphatic carbocycles. The van der Waals surface area contributed by atoms with Gasteiger partial charge in [-0.3, -0.25) is 10.8 Å². The molecule has 2 heterocycles. The molecule has 2 rings (SSSR count). The van der Waals surface area contributed by atoms with E-state index in [1.807, 2.05) is 19.1 Å². The minimum Gasteiger partial charge on any atom is -0.492 e. The van der Waals surface area contributed by atoms with Gasteiger partial charge in [0.25, 0.3) is 0 Å². The molecule has 0 aliphatic rings. The molecule has 0 saturated carbocycles. The van der Waals surface area contributed by atoms with Gasteiger partial charge in [0.2, 0.25) is 0 Å².